The van der Waals surface area contributed by atoms with Gasteiger partial charge < -0.3 is 10.1 Å². The van der Waals surface area contributed by atoms with Crippen LogP contribution >= 0.6 is 0 Å². The summed E-state index contributed by atoms with van der Waals surface area (Å²) in [4.78, 5) is 0. The first kappa shape index (κ1) is 17.8. The second kappa shape index (κ2) is 11.8. The molecule has 0 saturated heterocycles. The molecule has 0 aromatic heterocycles. The molecule has 1 unspecified atom stereocenters. The third kappa shape index (κ3) is 9.77. The second-order valence-corrected chi connectivity index (χ2v) is 4.82. The minimum absolute atomic E-state index is 0.396. The van der Waals surface area contributed by atoms with Gasteiger partial charge in [-0.1, -0.05) is 33.6 Å². The maximum Gasteiger partial charge on any atom is 0.261 e. The monoisotopic (exact) mass is 265 g/mol. The van der Waals surface area contributed by atoms with Crippen molar-refractivity contribution in [2.75, 3.05) is 19.8 Å². The first-order chi connectivity index (χ1) is 8.63. The molecule has 110 valence electrons. The summed E-state index contributed by atoms with van der Waals surface area (Å²) in [7, 11) is 0. The van der Waals surface area contributed by atoms with E-state index in [0.29, 0.717) is 12.6 Å². The molecule has 0 spiro atoms. The highest BCUT2D eigenvalue weighted by Gasteiger charge is 2.13. The molecule has 0 saturated carbocycles. The lowest BCUT2D eigenvalue weighted by Crippen LogP contribution is -2.33. The Morgan fingerprint density at radius 2 is 1.78 bits per heavy atom. The van der Waals surface area contributed by atoms with E-state index in [1.54, 1.807) is 0 Å². The molecule has 2 nitrogen and oxygen atoms in total. The zero-order chi connectivity index (χ0) is 13.8. The summed E-state index contributed by atoms with van der Waals surface area (Å²) in [5.74, 6) is 0.717. The summed E-state index contributed by atoms with van der Waals surface area (Å²) < 4.78 is 28.8. The van der Waals surface area contributed by atoms with Gasteiger partial charge in [0.2, 0.25) is 0 Å². The Hall–Kier alpha value is -0.220. The minimum atomic E-state index is -2.36. The molecule has 0 fully saturated rings. The van der Waals surface area contributed by atoms with Crippen molar-refractivity contribution in [1.82, 2.24) is 5.32 Å². The van der Waals surface area contributed by atoms with Crippen molar-refractivity contribution in [2.45, 2.75) is 65.3 Å². The zero-order valence-electron chi connectivity index (χ0n) is 12.1. The number of alkyl halides is 2. The van der Waals surface area contributed by atoms with Crippen LogP contribution in [0.4, 0.5) is 8.78 Å². The fourth-order valence-electron chi connectivity index (χ4n) is 2.07. The number of rotatable bonds is 12. The lowest BCUT2D eigenvalue weighted by atomic mass is 9.93. The SMILES string of the molecule is CCCNC(CCOCC(F)F)CC(CC)CC. The van der Waals surface area contributed by atoms with Gasteiger partial charge in [-0.2, -0.15) is 0 Å². The number of halogens is 2. The Morgan fingerprint density at radius 3 is 2.28 bits per heavy atom. The summed E-state index contributed by atoms with van der Waals surface area (Å²) in [6, 6.07) is 0.396. The van der Waals surface area contributed by atoms with E-state index >= 15 is 0 Å². The predicted octanol–water partition coefficient (Wildman–Crippen LogP) is 3.85. The van der Waals surface area contributed by atoms with Crippen LogP contribution in [0.1, 0.15) is 52.9 Å². The molecule has 0 rings (SSSR count). The molecule has 0 heterocycles. The lowest BCUT2D eigenvalue weighted by molar-refractivity contribution is 0.0138. The third-order valence-corrected chi connectivity index (χ3v) is 3.31. The average Bonchev–Trinajstić information content (AvgIpc) is 2.36. The molecule has 0 amide bonds. The average molecular weight is 265 g/mol. The number of nitrogens with one attached hydrogen (secondary N) is 1. The van der Waals surface area contributed by atoms with Gasteiger partial charge in [0.15, 0.2) is 0 Å². The van der Waals surface area contributed by atoms with E-state index in [-0.39, 0.29) is 0 Å². The lowest BCUT2D eigenvalue weighted by Gasteiger charge is -2.23. The van der Waals surface area contributed by atoms with Crippen LogP contribution in [0, 0.1) is 5.92 Å². The summed E-state index contributed by atoms with van der Waals surface area (Å²) in [5, 5.41) is 3.49. The van der Waals surface area contributed by atoms with Gasteiger partial charge in [0.1, 0.15) is 6.61 Å². The Balaban J connectivity index is 3.89. The van der Waals surface area contributed by atoms with Crippen LogP contribution in [0.5, 0.6) is 0 Å². The zero-order valence-corrected chi connectivity index (χ0v) is 12.1. The maximum absolute atomic E-state index is 11.9. The Kier molecular flexibility index (Phi) is 11.7. The highest BCUT2D eigenvalue weighted by Crippen LogP contribution is 2.16. The van der Waals surface area contributed by atoms with E-state index in [2.05, 4.69) is 26.1 Å². The molecule has 0 radical (unpaired) electrons. The number of ether oxygens (including phenoxy) is 1. The summed E-state index contributed by atoms with van der Waals surface area (Å²) in [5.41, 5.74) is 0. The third-order valence-electron chi connectivity index (χ3n) is 3.31. The Bertz CT molecular complexity index is 175. The van der Waals surface area contributed by atoms with Crippen LogP contribution in [0.25, 0.3) is 0 Å². The molecule has 0 aromatic rings. The van der Waals surface area contributed by atoms with Crippen LogP contribution in [0.2, 0.25) is 0 Å². The van der Waals surface area contributed by atoms with Gasteiger partial charge in [0.25, 0.3) is 6.43 Å². The minimum Gasteiger partial charge on any atom is -0.375 e. The van der Waals surface area contributed by atoms with Crippen molar-refractivity contribution in [3.05, 3.63) is 0 Å². The summed E-state index contributed by atoms with van der Waals surface area (Å²) in [6.45, 7) is 7.52. The molecular formula is C14H29F2NO. The van der Waals surface area contributed by atoms with Crippen LogP contribution in [-0.2, 0) is 4.74 Å². The fraction of sp³-hybridized carbons (Fsp3) is 1.00. The number of hydrogen-bond donors (Lipinski definition) is 1. The van der Waals surface area contributed by atoms with Crippen molar-refractivity contribution in [3.8, 4) is 0 Å². The van der Waals surface area contributed by atoms with E-state index in [0.717, 1.165) is 31.7 Å². The van der Waals surface area contributed by atoms with Crippen molar-refractivity contribution >= 4 is 0 Å². The topological polar surface area (TPSA) is 21.3 Å². The molecule has 0 aliphatic heterocycles. The first-order valence-corrected chi connectivity index (χ1v) is 7.23. The highest BCUT2D eigenvalue weighted by molar-refractivity contribution is 4.71. The fourth-order valence-corrected chi connectivity index (χ4v) is 2.07. The maximum atomic E-state index is 11.9. The normalized spacial score (nSPS) is 13.5. The molecular weight excluding hydrogens is 236 g/mol. The van der Waals surface area contributed by atoms with Crippen LogP contribution in [0.15, 0.2) is 0 Å². The largest absolute Gasteiger partial charge is 0.375 e. The van der Waals surface area contributed by atoms with E-state index in [9.17, 15) is 8.78 Å². The Labute approximate surface area is 110 Å². The highest BCUT2D eigenvalue weighted by atomic mass is 19.3. The molecule has 0 aromatic carbocycles. The molecule has 0 bridgehead atoms. The predicted molar refractivity (Wildman–Crippen MR) is 72.2 cm³/mol. The quantitative estimate of drug-likeness (QED) is 0.541. The van der Waals surface area contributed by atoms with Gasteiger partial charge in [-0.05, 0) is 31.7 Å². The van der Waals surface area contributed by atoms with E-state index < -0.39 is 13.0 Å². The van der Waals surface area contributed by atoms with Gasteiger partial charge in [-0.15, -0.1) is 0 Å². The molecule has 0 aliphatic carbocycles. The van der Waals surface area contributed by atoms with Crippen LogP contribution in [0.3, 0.4) is 0 Å². The molecule has 4 heteroatoms. The van der Waals surface area contributed by atoms with Gasteiger partial charge in [0.05, 0.1) is 0 Å². The van der Waals surface area contributed by atoms with Gasteiger partial charge in [-0.25, -0.2) is 8.78 Å². The first-order valence-electron chi connectivity index (χ1n) is 7.23. The molecule has 18 heavy (non-hydrogen) atoms. The summed E-state index contributed by atoms with van der Waals surface area (Å²) in [6.07, 6.45) is 3.04. The van der Waals surface area contributed by atoms with Gasteiger partial charge in [0, 0.05) is 12.6 Å². The van der Waals surface area contributed by atoms with Crippen molar-refractivity contribution in [3.63, 3.8) is 0 Å². The summed E-state index contributed by atoms with van der Waals surface area (Å²) >= 11 is 0. The van der Waals surface area contributed by atoms with E-state index in [4.69, 9.17) is 4.74 Å². The second-order valence-electron chi connectivity index (χ2n) is 4.82. The van der Waals surface area contributed by atoms with E-state index in [1.807, 2.05) is 0 Å². The standard InChI is InChI=1S/C14H29F2NO/c1-4-8-17-13(10-12(5-2)6-3)7-9-18-11-14(15)16/h12-14,17H,4-11H2,1-3H3. The van der Waals surface area contributed by atoms with E-state index in [1.165, 1.54) is 12.8 Å². The van der Waals surface area contributed by atoms with Crippen molar-refractivity contribution in [1.29, 1.82) is 0 Å². The van der Waals surface area contributed by atoms with Crippen molar-refractivity contribution in [2.24, 2.45) is 5.92 Å². The molecule has 1 N–H and O–H groups in total. The van der Waals surface area contributed by atoms with Gasteiger partial charge in [-0.3, -0.25) is 0 Å². The van der Waals surface area contributed by atoms with Crippen molar-refractivity contribution < 1.29 is 13.5 Å². The molecule has 1 atom stereocenters. The Morgan fingerprint density at radius 1 is 1.11 bits per heavy atom. The smallest absolute Gasteiger partial charge is 0.261 e. The van der Waals surface area contributed by atoms with Crippen LogP contribution < -0.4 is 5.32 Å². The van der Waals surface area contributed by atoms with Crippen LogP contribution in [-0.4, -0.2) is 32.2 Å². The number of hydrogen-bond acceptors (Lipinski definition) is 2. The molecule has 0 aliphatic rings. The van der Waals surface area contributed by atoms with Gasteiger partial charge >= 0.3 is 0 Å².